The van der Waals surface area contributed by atoms with E-state index in [1.807, 2.05) is 70.7 Å². The summed E-state index contributed by atoms with van der Waals surface area (Å²) in [5.41, 5.74) is 4.89. The molecule has 0 bridgehead atoms. The maximum atomic E-state index is 13.5. The van der Waals surface area contributed by atoms with Gasteiger partial charge < -0.3 is 23.9 Å². The third kappa shape index (κ3) is 4.32. The molecule has 0 spiro atoms. The first-order chi connectivity index (χ1) is 17.5. The van der Waals surface area contributed by atoms with Crippen molar-refractivity contribution in [3.63, 3.8) is 0 Å². The maximum absolute atomic E-state index is 13.5. The lowest BCUT2D eigenvalue weighted by Crippen LogP contribution is -2.27. The number of carbonyl (C=O) groups excluding carboxylic acids is 2. The lowest BCUT2D eigenvalue weighted by Gasteiger charge is -2.18. The van der Waals surface area contributed by atoms with Gasteiger partial charge in [-0.3, -0.25) is 9.59 Å². The van der Waals surface area contributed by atoms with Crippen molar-refractivity contribution in [2.45, 2.75) is 6.54 Å². The molecule has 0 aliphatic rings. The summed E-state index contributed by atoms with van der Waals surface area (Å²) >= 11 is 0. The number of benzene rings is 2. The number of hydrogen-bond donors (Lipinski definition) is 1. The smallest absolute Gasteiger partial charge is 0.254 e. The topological polar surface area (TPSA) is 93.8 Å². The average Bonchev–Trinajstić information content (AvgIpc) is 3.45. The standard InChI is InChI=1S/C27H26N6O3/c1-31(16-20-15-28-23-11-7-8-12-33(20)23)27(35)19-13-21(29-24(34)17-36-3)25-22(14-19)30-26(32(25)2)18-9-5-4-6-10-18/h4-15H,16-17H2,1-3H3,(H,29,34). The Bertz CT molecular complexity index is 1570. The Morgan fingerprint density at radius 1 is 1.08 bits per heavy atom. The van der Waals surface area contributed by atoms with Crippen molar-refractivity contribution in [2.75, 3.05) is 26.1 Å². The van der Waals surface area contributed by atoms with Gasteiger partial charge in [-0.25, -0.2) is 9.97 Å². The summed E-state index contributed by atoms with van der Waals surface area (Å²) in [7, 11) is 5.09. The van der Waals surface area contributed by atoms with E-state index in [0.717, 1.165) is 28.2 Å². The Kier molecular flexibility index (Phi) is 6.22. The fourth-order valence-electron chi connectivity index (χ4n) is 4.37. The van der Waals surface area contributed by atoms with Crippen LogP contribution in [0.25, 0.3) is 28.1 Å². The molecule has 0 fully saturated rings. The van der Waals surface area contributed by atoms with E-state index in [2.05, 4.69) is 10.3 Å². The lowest BCUT2D eigenvalue weighted by atomic mass is 10.1. The van der Waals surface area contributed by atoms with Crippen LogP contribution in [0.3, 0.4) is 0 Å². The molecule has 1 N–H and O–H groups in total. The van der Waals surface area contributed by atoms with E-state index in [4.69, 9.17) is 9.72 Å². The average molecular weight is 483 g/mol. The first-order valence-electron chi connectivity index (χ1n) is 11.5. The Hall–Kier alpha value is -4.50. The number of carbonyl (C=O) groups is 2. The van der Waals surface area contributed by atoms with Gasteiger partial charge in [-0.15, -0.1) is 0 Å². The largest absolute Gasteiger partial charge is 0.375 e. The van der Waals surface area contributed by atoms with Gasteiger partial charge >= 0.3 is 0 Å². The van der Waals surface area contributed by atoms with Crippen LogP contribution >= 0.6 is 0 Å². The molecule has 5 aromatic rings. The summed E-state index contributed by atoms with van der Waals surface area (Å²) in [6.07, 6.45) is 3.69. The summed E-state index contributed by atoms with van der Waals surface area (Å²) < 4.78 is 8.86. The minimum atomic E-state index is -0.315. The molecule has 2 amide bonds. The van der Waals surface area contributed by atoms with Crippen molar-refractivity contribution in [3.05, 3.63) is 84.3 Å². The SMILES string of the molecule is COCC(=O)Nc1cc(C(=O)N(C)Cc2cnc3ccccn23)cc2nc(-c3ccccc3)n(C)c12. The predicted octanol–water partition coefficient (Wildman–Crippen LogP) is 3.75. The molecule has 3 heterocycles. The Morgan fingerprint density at radius 3 is 2.64 bits per heavy atom. The molecule has 0 saturated carbocycles. The van der Waals surface area contributed by atoms with Crippen molar-refractivity contribution in [2.24, 2.45) is 7.05 Å². The zero-order valence-electron chi connectivity index (χ0n) is 20.3. The fourth-order valence-corrected chi connectivity index (χ4v) is 4.37. The van der Waals surface area contributed by atoms with Crippen molar-refractivity contribution in [1.29, 1.82) is 0 Å². The van der Waals surface area contributed by atoms with Crippen LogP contribution in [0.2, 0.25) is 0 Å². The number of nitrogens with one attached hydrogen (secondary N) is 1. The van der Waals surface area contributed by atoms with Crippen molar-refractivity contribution < 1.29 is 14.3 Å². The van der Waals surface area contributed by atoms with Crippen LogP contribution in [0.4, 0.5) is 5.69 Å². The molecular formula is C27H26N6O3. The number of nitrogens with zero attached hydrogens (tertiary/aromatic N) is 5. The number of methoxy groups -OCH3 is 1. The summed E-state index contributed by atoms with van der Waals surface area (Å²) in [5, 5.41) is 2.89. The monoisotopic (exact) mass is 482 g/mol. The van der Waals surface area contributed by atoms with Crippen molar-refractivity contribution >= 4 is 34.2 Å². The van der Waals surface area contributed by atoms with Crippen LogP contribution in [-0.4, -0.2) is 56.4 Å². The van der Waals surface area contributed by atoms with E-state index in [0.29, 0.717) is 23.3 Å². The van der Waals surface area contributed by atoms with Crippen LogP contribution in [0.1, 0.15) is 16.1 Å². The first-order valence-corrected chi connectivity index (χ1v) is 11.5. The Balaban J connectivity index is 1.54. The van der Waals surface area contributed by atoms with Crippen LogP contribution < -0.4 is 5.32 Å². The summed E-state index contributed by atoms with van der Waals surface area (Å²) in [6, 6.07) is 19.0. The van der Waals surface area contributed by atoms with Crippen LogP contribution in [0.15, 0.2) is 73.1 Å². The van der Waals surface area contributed by atoms with Gasteiger partial charge in [0.25, 0.3) is 5.91 Å². The number of fused-ring (bicyclic) bond motifs is 2. The molecule has 0 radical (unpaired) electrons. The molecule has 9 heteroatoms. The highest BCUT2D eigenvalue weighted by molar-refractivity contribution is 6.06. The number of aryl methyl sites for hydroxylation is 1. The molecule has 0 aliphatic heterocycles. The third-order valence-electron chi connectivity index (χ3n) is 6.04. The van der Waals surface area contributed by atoms with E-state index in [-0.39, 0.29) is 18.4 Å². The molecule has 36 heavy (non-hydrogen) atoms. The normalized spacial score (nSPS) is 11.2. The molecule has 3 aromatic heterocycles. The number of imidazole rings is 2. The minimum Gasteiger partial charge on any atom is -0.375 e. The van der Waals surface area contributed by atoms with Gasteiger partial charge in [0.1, 0.15) is 18.1 Å². The fraction of sp³-hybridized carbons (Fsp3) is 0.185. The number of ether oxygens (including phenoxy) is 1. The van der Waals surface area contributed by atoms with E-state index in [1.165, 1.54) is 7.11 Å². The van der Waals surface area contributed by atoms with Gasteiger partial charge in [0.2, 0.25) is 5.91 Å². The van der Waals surface area contributed by atoms with Gasteiger partial charge in [0, 0.05) is 38.5 Å². The van der Waals surface area contributed by atoms with E-state index < -0.39 is 0 Å². The maximum Gasteiger partial charge on any atom is 0.254 e. The molecule has 0 aliphatic carbocycles. The van der Waals surface area contributed by atoms with Gasteiger partial charge in [-0.05, 0) is 24.3 Å². The molecule has 2 aromatic carbocycles. The van der Waals surface area contributed by atoms with Crippen molar-refractivity contribution in [3.8, 4) is 11.4 Å². The van der Waals surface area contributed by atoms with Gasteiger partial charge in [0.15, 0.2) is 0 Å². The number of anilines is 1. The zero-order chi connectivity index (χ0) is 25.2. The van der Waals surface area contributed by atoms with E-state index in [1.54, 1.807) is 30.3 Å². The van der Waals surface area contributed by atoms with Crippen LogP contribution in [0.5, 0.6) is 0 Å². The molecule has 0 unspecified atom stereocenters. The van der Waals surface area contributed by atoms with Crippen LogP contribution in [0, 0.1) is 0 Å². The van der Waals surface area contributed by atoms with Gasteiger partial charge in [-0.2, -0.15) is 0 Å². The number of hydrogen-bond acceptors (Lipinski definition) is 5. The number of aromatic nitrogens is 4. The van der Waals surface area contributed by atoms with Gasteiger partial charge in [0.05, 0.1) is 35.2 Å². The Labute approximate surface area is 208 Å². The molecule has 9 nitrogen and oxygen atoms in total. The molecule has 0 atom stereocenters. The summed E-state index contributed by atoms with van der Waals surface area (Å²) in [4.78, 5) is 36.8. The molecular weight excluding hydrogens is 456 g/mol. The highest BCUT2D eigenvalue weighted by Gasteiger charge is 2.21. The lowest BCUT2D eigenvalue weighted by molar-refractivity contribution is -0.119. The van der Waals surface area contributed by atoms with E-state index >= 15 is 0 Å². The molecule has 5 rings (SSSR count). The summed E-state index contributed by atoms with van der Waals surface area (Å²) in [5.74, 6) is 0.221. The molecule has 0 saturated heterocycles. The number of rotatable bonds is 7. The first kappa shape index (κ1) is 23.3. The summed E-state index contributed by atoms with van der Waals surface area (Å²) in [6.45, 7) is 0.266. The number of amides is 2. The predicted molar refractivity (Wildman–Crippen MR) is 138 cm³/mol. The van der Waals surface area contributed by atoms with Crippen molar-refractivity contribution in [1.82, 2.24) is 23.8 Å². The second-order valence-electron chi connectivity index (χ2n) is 8.57. The van der Waals surface area contributed by atoms with E-state index in [9.17, 15) is 9.59 Å². The van der Waals surface area contributed by atoms with Gasteiger partial charge in [-0.1, -0.05) is 36.4 Å². The third-order valence-corrected chi connectivity index (χ3v) is 6.04. The minimum absolute atomic E-state index is 0.0999. The Morgan fingerprint density at radius 2 is 1.86 bits per heavy atom. The second kappa shape index (κ2) is 9.63. The zero-order valence-corrected chi connectivity index (χ0v) is 20.3. The highest BCUT2D eigenvalue weighted by Crippen LogP contribution is 2.31. The second-order valence-corrected chi connectivity index (χ2v) is 8.57. The highest BCUT2D eigenvalue weighted by atomic mass is 16.5. The number of pyridine rings is 1. The van der Waals surface area contributed by atoms with Crippen LogP contribution in [-0.2, 0) is 23.1 Å². The quantitative estimate of drug-likeness (QED) is 0.381. The molecule has 182 valence electrons.